The predicted octanol–water partition coefficient (Wildman–Crippen LogP) is 6.62. The summed E-state index contributed by atoms with van der Waals surface area (Å²) in [5, 5.41) is 15.6. The van der Waals surface area contributed by atoms with E-state index < -0.39 is 5.91 Å². The number of fused-ring (bicyclic) bond motifs is 1. The molecule has 2 aliphatic heterocycles. The fourth-order valence-corrected chi connectivity index (χ4v) is 5.33. The molecule has 0 atom stereocenters. The summed E-state index contributed by atoms with van der Waals surface area (Å²) < 4.78 is 23.4. The molecule has 0 aliphatic carbocycles. The summed E-state index contributed by atoms with van der Waals surface area (Å²) in [6.45, 7) is 6.72. The van der Waals surface area contributed by atoms with E-state index in [0.29, 0.717) is 57.7 Å². The van der Waals surface area contributed by atoms with Crippen molar-refractivity contribution in [3.05, 3.63) is 101 Å². The molecule has 2 aliphatic rings. The van der Waals surface area contributed by atoms with Gasteiger partial charge < -0.3 is 18.9 Å². The molecule has 0 saturated carbocycles. The number of nitrogens with one attached hydrogen (secondary N) is 1. The van der Waals surface area contributed by atoms with Crippen molar-refractivity contribution in [3.63, 3.8) is 0 Å². The van der Waals surface area contributed by atoms with E-state index in [9.17, 15) is 4.79 Å². The van der Waals surface area contributed by atoms with E-state index in [2.05, 4.69) is 16.7 Å². The first-order valence-corrected chi connectivity index (χ1v) is 14.7. The highest BCUT2D eigenvalue weighted by Crippen LogP contribution is 2.38. The number of ether oxygens (including phenoxy) is 4. The minimum absolute atomic E-state index is 0.0668. The molecule has 0 spiro atoms. The molecule has 0 fully saturated rings. The maximum absolute atomic E-state index is 12.9. The van der Waals surface area contributed by atoms with Crippen LogP contribution in [0.1, 0.15) is 18.1 Å². The summed E-state index contributed by atoms with van der Waals surface area (Å²) in [6, 6.07) is 20.5. The van der Waals surface area contributed by atoms with Crippen LogP contribution in [0.3, 0.4) is 0 Å². The summed E-state index contributed by atoms with van der Waals surface area (Å²) in [6.07, 6.45) is 4.07. The quantitative estimate of drug-likeness (QED) is 0.131. The van der Waals surface area contributed by atoms with Gasteiger partial charge in [0.25, 0.3) is 5.91 Å². The third-order valence-corrected chi connectivity index (χ3v) is 7.33. The Bertz CT molecular complexity index is 1620. The number of nitrogens with zero attached hydrogens (tertiary/aromatic N) is 3. The molecule has 1 N–H and O–H groups in total. The number of rotatable bonds is 13. The Balaban J connectivity index is 1.28. The third kappa shape index (κ3) is 7.28. The van der Waals surface area contributed by atoms with E-state index in [1.807, 2.05) is 67.6 Å². The summed E-state index contributed by atoms with van der Waals surface area (Å²) in [5.41, 5.74) is 1.65. The van der Waals surface area contributed by atoms with Crippen molar-refractivity contribution in [1.82, 2.24) is 5.01 Å². The summed E-state index contributed by atoms with van der Waals surface area (Å²) in [4.78, 5) is 17.1. The zero-order valence-electron chi connectivity index (χ0n) is 23.4. The Labute approximate surface area is 259 Å². The number of halogens is 1. The van der Waals surface area contributed by atoms with Crippen molar-refractivity contribution in [2.75, 3.05) is 26.4 Å². The van der Waals surface area contributed by atoms with Crippen LogP contribution in [0.4, 0.5) is 0 Å². The first-order chi connectivity index (χ1) is 21.0. The summed E-state index contributed by atoms with van der Waals surface area (Å²) in [7, 11) is 0. The Hall–Kier alpha value is -4.54. The van der Waals surface area contributed by atoms with Crippen molar-refractivity contribution >= 4 is 51.4 Å². The number of amides is 1. The molecule has 9 nitrogen and oxygen atoms in total. The van der Waals surface area contributed by atoms with Crippen molar-refractivity contribution in [1.29, 1.82) is 5.41 Å². The van der Waals surface area contributed by atoms with Gasteiger partial charge in [-0.2, -0.15) is 15.1 Å². The van der Waals surface area contributed by atoms with Gasteiger partial charge in [-0.05, 0) is 72.6 Å². The van der Waals surface area contributed by atoms with Crippen LogP contribution in [0.2, 0.25) is 5.02 Å². The molecule has 11 heteroatoms. The van der Waals surface area contributed by atoms with Crippen molar-refractivity contribution in [3.8, 4) is 23.0 Å². The Morgan fingerprint density at radius 2 is 1.77 bits per heavy atom. The van der Waals surface area contributed by atoms with Crippen LogP contribution < -0.4 is 18.9 Å². The molecule has 2 heterocycles. The minimum atomic E-state index is -0.549. The van der Waals surface area contributed by atoms with Crippen LogP contribution in [0.15, 0.2) is 95.1 Å². The monoisotopic (exact) mass is 616 g/mol. The average molecular weight is 617 g/mol. The molecular formula is C32H29ClN4O5S. The Morgan fingerprint density at radius 3 is 2.56 bits per heavy atom. The molecule has 220 valence electrons. The number of thioether (sulfide) groups is 1. The predicted molar refractivity (Wildman–Crippen MR) is 171 cm³/mol. The van der Waals surface area contributed by atoms with E-state index in [1.54, 1.807) is 18.2 Å². The van der Waals surface area contributed by atoms with Crippen molar-refractivity contribution in [2.45, 2.75) is 13.3 Å². The highest BCUT2D eigenvalue weighted by Gasteiger charge is 2.36. The van der Waals surface area contributed by atoms with Crippen LogP contribution in [-0.2, 0) is 11.2 Å². The van der Waals surface area contributed by atoms with Crippen LogP contribution in [0.5, 0.6) is 23.0 Å². The molecule has 0 aromatic heterocycles. The van der Waals surface area contributed by atoms with E-state index >= 15 is 0 Å². The zero-order valence-corrected chi connectivity index (χ0v) is 25.0. The summed E-state index contributed by atoms with van der Waals surface area (Å²) >= 11 is 7.81. The van der Waals surface area contributed by atoms with E-state index in [-0.39, 0.29) is 24.6 Å². The van der Waals surface area contributed by atoms with E-state index in [4.69, 9.17) is 36.0 Å². The van der Waals surface area contributed by atoms with Gasteiger partial charge in [-0.3, -0.25) is 10.2 Å². The van der Waals surface area contributed by atoms with Gasteiger partial charge in [-0.15, -0.1) is 6.58 Å². The first-order valence-electron chi connectivity index (χ1n) is 13.5. The molecule has 3 aromatic rings. The molecule has 1 amide bonds. The van der Waals surface area contributed by atoms with Gasteiger partial charge in [0.15, 0.2) is 17.3 Å². The highest BCUT2D eigenvalue weighted by atomic mass is 35.5. The minimum Gasteiger partial charge on any atom is -0.490 e. The fraction of sp³-hybridized carbons (Fsp3) is 0.188. The zero-order chi connectivity index (χ0) is 30.2. The number of aliphatic imine (C=N–C) groups is 1. The maximum Gasteiger partial charge on any atom is 0.283 e. The summed E-state index contributed by atoms with van der Waals surface area (Å²) in [5.74, 6) is 1.59. The number of hydrazone groups is 1. The van der Waals surface area contributed by atoms with Gasteiger partial charge in [0.2, 0.25) is 5.17 Å². The number of carbonyl (C=O) groups is 1. The Kier molecular flexibility index (Phi) is 9.81. The number of amidine groups is 2. The SMILES string of the molecule is C=CCc1ccccc1OCCOc1c(Cl)cc(/C=C2/C(=N)N3N=C(COc4ccccc4)SC3=NC2=O)cc1OCC. The van der Waals surface area contributed by atoms with Crippen LogP contribution in [0, 0.1) is 5.41 Å². The first kappa shape index (κ1) is 29.9. The molecule has 0 bridgehead atoms. The largest absolute Gasteiger partial charge is 0.490 e. The van der Waals surface area contributed by atoms with Crippen LogP contribution in [-0.4, -0.2) is 53.4 Å². The lowest BCUT2D eigenvalue weighted by atomic mass is 10.1. The molecule has 3 aromatic carbocycles. The van der Waals surface area contributed by atoms with Gasteiger partial charge in [0.1, 0.15) is 36.4 Å². The van der Waals surface area contributed by atoms with Gasteiger partial charge in [-0.1, -0.05) is 54.1 Å². The molecule has 43 heavy (non-hydrogen) atoms. The molecular weight excluding hydrogens is 588 g/mol. The topological polar surface area (TPSA) is 106 Å². The standard InChI is InChI=1S/C32H29ClN4O5S/c1-3-10-22-11-8-9-14-26(22)40-15-16-41-29-25(33)18-21(19-27(29)39-4-2)17-24-30(34)37-32(35-31(24)38)43-28(36-37)20-42-23-12-6-5-7-13-23/h3,5-9,11-14,17-19,34H,1,4,10,15-16,20H2,2H3/b24-17-,34-30?. The number of benzene rings is 3. The number of hydrogen-bond donors (Lipinski definition) is 1. The van der Waals surface area contributed by atoms with Crippen molar-refractivity contribution < 1.29 is 23.7 Å². The van der Waals surface area contributed by atoms with E-state index in [1.165, 1.54) is 16.8 Å². The number of allylic oxidation sites excluding steroid dienone is 1. The van der Waals surface area contributed by atoms with Gasteiger partial charge in [0.05, 0.1) is 17.2 Å². The van der Waals surface area contributed by atoms with Crippen molar-refractivity contribution in [2.24, 2.45) is 10.1 Å². The molecule has 0 radical (unpaired) electrons. The molecule has 0 unspecified atom stereocenters. The average Bonchev–Trinajstić information content (AvgIpc) is 3.42. The highest BCUT2D eigenvalue weighted by molar-refractivity contribution is 8.27. The number of carbonyl (C=O) groups excluding carboxylic acids is 1. The normalized spacial score (nSPS) is 15.1. The van der Waals surface area contributed by atoms with Crippen LogP contribution >= 0.6 is 23.4 Å². The van der Waals surface area contributed by atoms with Gasteiger partial charge in [0, 0.05) is 0 Å². The second-order valence-electron chi connectivity index (χ2n) is 9.18. The number of para-hydroxylation sites is 2. The molecule has 5 rings (SSSR count). The lowest BCUT2D eigenvalue weighted by Gasteiger charge is -2.20. The Morgan fingerprint density at radius 1 is 1.00 bits per heavy atom. The smallest absolute Gasteiger partial charge is 0.283 e. The third-order valence-electron chi connectivity index (χ3n) is 6.17. The second kappa shape index (κ2) is 14.1. The fourth-order valence-electron chi connectivity index (χ4n) is 4.26. The number of hydrogen-bond acceptors (Lipinski definition) is 8. The van der Waals surface area contributed by atoms with Gasteiger partial charge in [-0.25, -0.2) is 0 Å². The van der Waals surface area contributed by atoms with E-state index in [0.717, 1.165) is 11.3 Å². The lowest BCUT2D eigenvalue weighted by Crippen LogP contribution is -2.35. The van der Waals surface area contributed by atoms with Crippen LogP contribution in [0.25, 0.3) is 6.08 Å². The second-order valence-corrected chi connectivity index (χ2v) is 10.6. The molecule has 0 saturated heterocycles. The lowest BCUT2D eigenvalue weighted by molar-refractivity contribution is -0.114. The van der Waals surface area contributed by atoms with Gasteiger partial charge >= 0.3 is 0 Å². The maximum atomic E-state index is 12.9.